The van der Waals surface area contributed by atoms with E-state index in [1.54, 1.807) is 13.0 Å². The quantitative estimate of drug-likeness (QED) is 0.875. The molecule has 4 nitrogen and oxygen atoms in total. The minimum atomic E-state index is -3.92. The first kappa shape index (κ1) is 16.9. The van der Waals surface area contributed by atoms with Gasteiger partial charge in [-0.05, 0) is 60.9 Å². The van der Waals surface area contributed by atoms with Gasteiger partial charge < -0.3 is 0 Å². The van der Waals surface area contributed by atoms with Crippen LogP contribution >= 0.6 is 0 Å². The first-order chi connectivity index (χ1) is 10.8. The number of nitrogens with one attached hydrogen (secondary N) is 1. The second kappa shape index (κ2) is 6.75. The third-order valence-electron chi connectivity index (χ3n) is 3.32. The van der Waals surface area contributed by atoms with Gasteiger partial charge in [0.2, 0.25) is 0 Å². The van der Waals surface area contributed by atoms with Gasteiger partial charge in [0.15, 0.2) is 0 Å². The third-order valence-corrected chi connectivity index (χ3v) is 4.67. The number of amides is 1. The number of carbonyl (C=O) groups excluding carboxylic acids is 1. The Hall–Kier alpha value is -2.47. The molecule has 0 aromatic heterocycles. The van der Waals surface area contributed by atoms with Gasteiger partial charge in [-0.1, -0.05) is 18.2 Å². The fourth-order valence-electron chi connectivity index (χ4n) is 1.85. The van der Waals surface area contributed by atoms with Crippen molar-refractivity contribution in [2.24, 2.45) is 0 Å². The van der Waals surface area contributed by atoms with Crippen molar-refractivity contribution in [1.82, 2.24) is 4.72 Å². The number of hydrogen-bond acceptors (Lipinski definition) is 3. The Morgan fingerprint density at radius 1 is 1.04 bits per heavy atom. The predicted molar refractivity (Wildman–Crippen MR) is 86.7 cm³/mol. The van der Waals surface area contributed by atoms with E-state index in [9.17, 15) is 17.6 Å². The summed E-state index contributed by atoms with van der Waals surface area (Å²) >= 11 is 0. The van der Waals surface area contributed by atoms with Crippen LogP contribution < -0.4 is 4.72 Å². The first-order valence-corrected chi connectivity index (χ1v) is 8.34. The highest BCUT2D eigenvalue weighted by Gasteiger charge is 2.16. The topological polar surface area (TPSA) is 63.2 Å². The van der Waals surface area contributed by atoms with Crippen molar-refractivity contribution >= 4 is 22.0 Å². The molecule has 0 saturated carbocycles. The van der Waals surface area contributed by atoms with Gasteiger partial charge in [-0.15, -0.1) is 0 Å². The van der Waals surface area contributed by atoms with Crippen molar-refractivity contribution < 1.29 is 17.6 Å². The largest absolute Gasteiger partial charge is 0.269 e. The molecule has 2 aromatic rings. The third kappa shape index (κ3) is 4.50. The van der Waals surface area contributed by atoms with Crippen molar-refractivity contribution in [2.45, 2.75) is 18.7 Å². The molecule has 0 radical (unpaired) electrons. The van der Waals surface area contributed by atoms with Gasteiger partial charge in [0, 0.05) is 6.08 Å². The van der Waals surface area contributed by atoms with E-state index in [1.807, 2.05) is 11.6 Å². The summed E-state index contributed by atoms with van der Waals surface area (Å²) in [7, 11) is -3.92. The number of sulfonamides is 1. The number of halogens is 1. The molecule has 120 valence electrons. The molecule has 0 unspecified atom stereocenters. The Kier molecular flexibility index (Phi) is 4.95. The van der Waals surface area contributed by atoms with Crippen LogP contribution in [0.5, 0.6) is 0 Å². The highest BCUT2D eigenvalue weighted by atomic mass is 32.2. The van der Waals surface area contributed by atoms with Crippen molar-refractivity contribution in [3.63, 3.8) is 0 Å². The smallest absolute Gasteiger partial charge is 0.264 e. The van der Waals surface area contributed by atoms with Gasteiger partial charge in [-0.2, -0.15) is 0 Å². The Labute approximate surface area is 134 Å². The lowest BCUT2D eigenvalue weighted by atomic mass is 10.1. The van der Waals surface area contributed by atoms with Crippen LogP contribution in [0, 0.1) is 19.7 Å². The van der Waals surface area contributed by atoms with Crippen LogP contribution in [-0.4, -0.2) is 14.3 Å². The van der Waals surface area contributed by atoms with E-state index >= 15 is 0 Å². The Morgan fingerprint density at radius 2 is 1.70 bits per heavy atom. The molecular weight excluding hydrogens is 317 g/mol. The van der Waals surface area contributed by atoms with Gasteiger partial charge in [0.25, 0.3) is 15.9 Å². The molecule has 0 aliphatic carbocycles. The lowest BCUT2D eigenvalue weighted by Crippen LogP contribution is -2.29. The van der Waals surface area contributed by atoms with Crippen LogP contribution in [-0.2, 0) is 14.8 Å². The average Bonchev–Trinajstić information content (AvgIpc) is 2.49. The maximum absolute atomic E-state index is 12.8. The summed E-state index contributed by atoms with van der Waals surface area (Å²) in [6.45, 7) is 3.67. The van der Waals surface area contributed by atoms with Gasteiger partial charge in [-0.25, -0.2) is 17.5 Å². The fourth-order valence-corrected chi connectivity index (χ4v) is 2.88. The molecule has 0 spiro atoms. The Bertz CT molecular complexity index is 856. The van der Waals surface area contributed by atoms with E-state index in [0.717, 1.165) is 17.2 Å². The van der Waals surface area contributed by atoms with E-state index in [0.29, 0.717) is 5.56 Å². The molecule has 0 atom stereocenters. The minimum Gasteiger partial charge on any atom is -0.269 e. The number of benzene rings is 2. The SMILES string of the molecule is Cc1ccc(S(=O)(=O)NC(=O)/C=C/c2ccc(F)cc2)cc1C. The van der Waals surface area contributed by atoms with Gasteiger partial charge in [-0.3, -0.25) is 4.79 Å². The van der Waals surface area contributed by atoms with Crippen molar-refractivity contribution in [2.75, 3.05) is 0 Å². The van der Waals surface area contributed by atoms with E-state index in [4.69, 9.17) is 0 Å². The van der Waals surface area contributed by atoms with Crippen LogP contribution in [0.1, 0.15) is 16.7 Å². The maximum Gasteiger partial charge on any atom is 0.264 e. The molecule has 0 heterocycles. The standard InChI is InChI=1S/C17H16FNO3S/c1-12-3-9-16(11-13(12)2)23(21,22)19-17(20)10-6-14-4-7-15(18)8-5-14/h3-11H,1-2H3,(H,19,20)/b10-6+. The summed E-state index contributed by atoms with van der Waals surface area (Å²) in [5.74, 6) is -1.16. The normalized spacial score (nSPS) is 11.6. The van der Waals surface area contributed by atoms with Crippen molar-refractivity contribution in [3.8, 4) is 0 Å². The van der Waals surface area contributed by atoms with Gasteiger partial charge >= 0.3 is 0 Å². The highest BCUT2D eigenvalue weighted by Crippen LogP contribution is 2.14. The fraction of sp³-hybridized carbons (Fsp3) is 0.118. The molecule has 2 aromatic carbocycles. The molecule has 2 rings (SSSR count). The molecule has 0 saturated heterocycles. The molecular formula is C17H16FNO3S. The van der Waals surface area contributed by atoms with E-state index < -0.39 is 15.9 Å². The second-order valence-corrected chi connectivity index (χ2v) is 6.78. The summed E-state index contributed by atoms with van der Waals surface area (Å²) in [6.07, 6.45) is 2.50. The number of rotatable bonds is 4. The minimum absolute atomic E-state index is 0.0316. The van der Waals surface area contributed by atoms with Gasteiger partial charge in [0.05, 0.1) is 4.90 Å². The Balaban J connectivity index is 2.11. The van der Waals surface area contributed by atoms with Crippen molar-refractivity contribution in [3.05, 3.63) is 71.0 Å². The monoisotopic (exact) mass is 333 g/mol. The molecule has 0 fully saturated rings. The van der Waals surface area contributed by atoms with Gasteiger partial charge in [0.1, 0.15) is 5.82 Å². The van der Waals surface area contributed by atoms with Crippen LogP contribution in [0.2, 0.25) is 0 Å². The highest BCUT2D eigenvalue weighted by molar-refractivity contribution is 7.90. The molecule has 1 N–H and O–H groups in total. The zero-order valence-corrected chi connectivity index (χ0v) is 13.5. The summed E-state index contributed by atoms with van der Waals surface area (Å²) in [6, 6.07) is 10.1. The van der Waals surface area contributed by atoms with E-state index in [-0.39, 0.29) is 10.7 Å². The number of aryl methyl sites for hydroxylation is 2. The number of hydrogen-bond donors (Lipinski definition) is 1. The summed E-state index contributed by atoms with van der Waals surface area (Å²) < 4.78 is 39.0. The van der Waals surface area contributed by atoms with Crippen LogP contribution in [0.4, 0.5) is 4.39 Å². The molecule has 0 aliphatic rings. The summed E-state index contributed by atoms with van der Waals surface area (Å²) in [5.41, 5.74) is 2.37. The van der Waals surface area contributed by atoms with E-state index in [1.165, 1.54) is 42.5 Å². The zero-order chi connectivity index (χ0) is 17.0. The zero-order valence-electron chi connectivity index (χ0n) is 12.7. The van der Waals surface area contributed by atoms with Crippen LogP contribution in [0.3, 0.4) is 0 Å². The first-order valence-electron chi connectivity index (χ1n) is 6.85. The van der Waals surface area contributed by atoms with Crippen LogP contribution in [0.15, 0.2) is 53.4 Å². The summed E-state index contributed by atoms with van der Waals surface area (Å²) in [5, 5.41) is 0. The molecule has 1 amide bonds. The maximum atomic E-state index is 12.8. The molecule has 0 bridgehead atoms. The Morgan fingerprint density at radius 3 is 2.30 bits per heavy atom. The average molecular weight is 333 g/mol. The second-order valence-electron chi connectivity index (χ2n) is 5.10. The predicted octanol–water partition coefficient (Wildman–Crippen LogP) is 2.96. The lowest BCUT2D eigenvalue weighted by Gasteiger charge is -2.07. The van der Waals surface area contributed by atoms with Crippen molar-refractivity contribution in [1.29, 1.82) is 0 Å². The molecule has 6 heteroatoms. The molecule has 23 heavy (non-hydrogen) atoms. The van der Waals surface area contributed by atoms with Crippen LogP contribution in [0.25, 0.3) is 6.08 Å². The van der Waals surface area contributed by atoms with E-state index in [2.05, 4.69) is 0 Å². The molecule has 0 aliphatic heterocycles. The number of carbonyl (C=O) groups is 1. The summed E-state index contributed by atoms with van der Waals surface area (Å²) in [4.78, 5) is 11.8. The lowest BCUT2D eigenvalue weighted by molar-refractivity contribution is -0.114.